The lowest BCUT2D eigenvalue weighted by atomic mass is 10.0. The first kappa shape index (κ1) is 31.0. The summed E-state index contributed by atoms with van der Waals surface area (Å²) in [7, 11) is 0. The van der Waals surface area contributed by atoms with E-state index in [0.717, 1.165) is 16.7 Å². The molecular weight excluding hydrogens is 503 g/mol. The van der Waals surface area contributed by atoms with Crippen LogP contribution in [-0.2, 0) is 14.4 Å². The molecule has 0 saturated heterocycles. The molecule has 36 heavy (non-hydrogen) atoms. The van der Waals surface area contributed by atoms with Gasteiger partial charge < -0.3 is 25.9 Å². The van der Waals surface area contributed by atoms with Gasteiger partial charge in [-0.1, -0.05) is 13.8 Å². The standard InChI is InChI=1S/C21H29N3O4S.C2HF3O2/c1-12(2)9-17(24-20(26)16(22)7-8-29-4)21(27)23-14-5-6-15-13(3)10-19(25)28-18(15)11-14;3-2(4,5)1(6)7/h5-6,10-12,16-17H,7-9,22H2,1-4H3,(H,23,27)(H,24,26);(H,6,7). The number of hydrogen-bond donors (Lipinski definition) is 4. The first-order valence-corrected chi connectivity index (χ1v) is 12.3. The lowest BCUT2D eigenvalue weighted by Gasteiger charge is -2.22. The van der Waals surface area contributed by atoms with Gasteiger partial charge in [-0.3, -0.25) is 9.59 Å². The molecule has 0 radical (unpaired) electrons. The largest absolute Gasteiger partial charge is 0.490 e. The number of carboxylic acid groups (broad SMARTS) is 1. The molecule has 2 aromatic rings. The maximum Gasteiger partial charge on any atom is 0.490 e. The number of thioether (sulfide) groups is 1. The zero-order valence-electron chi connectivity index (χ0n) is 20.3. The second-order valence-corrected chi connectivity index (χ2v) is 9.32. The van der Waals surface area contributed by atoms with Gasteiger partial charge >= 0.3 is 17.8 Å². The topological polar surface area (TPSA) is 152 Å². The fraction of sp³-hybridized carbons (Fsp3) is 0.478. The predicted molar refractivity (Wildman–Crippen MR) is 132 cm³/mol. The van der Waals surface area contributed by atoms with E-state index in [9.17, 15) is 27.6 Å². The highest BCUT2D eigenvalue weighted by Crippen LogP contribution is 2.21. The van der Waals surface area contributed by atoms with Crippen LogP contribution in [0, 0.1) is 12.8 Å². The Morgan fingerprint density at radius 1 is 1.17 bits per heavy atom. The van der Waals surface area contributed by atoms with Gasteiger partial charge in [-0.15, -0.1) is 0 Å². The van der Waals surface area contributed by atoms with E-state index in [1.54, 1.807) is 30.0 Å². The third-order valence-electron chi connectivity index (χ3n) is 4.77. The first-order valence-electron chi connectivity index (χ1n) is 10.9. The third kappa shape index (κ3) is 10.3. The zero-order chi connectivity index (χ0) is 27.6. The Labute approximate surface area is 210 Å². The van der Waals surface area contributed by atoms with Crippen molar-refractivity contribution < 1.29 is 37.1 Å². The van der Waals surface area contributed by atoms with Crippen molar-refractivity contribution in [3.63, 3.8) is 0 Å². The average molecular weight is 534 g/mol. The first-order chi connectivity index (χ1) is 16.6. The Kier molecular flexibility index (Phi) is 11.9. The van der Waals surface area contributed by atoms with Crippen LogP contribution < -0.4 is 22.0 Å². The van der Waals surface area contributed by atoms with Crippen LogP contribution in [0.15, 0.2) is 33.5 Å². The predicted octanol–water partition coefficient (Wildman–Crippen LogP) is 3.28. The highest BCUT2D eigenvalue weighted by molar-refractivity contribution is 7.98. The molecule has 2 amide bonds. The second kappa shape index (κ2) is 13.9. The fourth-order valence-corrected chi connectivity index (χ4v) is 3.48. The number of carboxylic acids is 1. The molecule has 0 bridgehead atoms. The number of nitrogens with two attached hydrogens (primary N) is 1. The van der Waals surface area contributed by atoms with Crippen molar-refractivity contribution in [2.75, 3.05) is 17.3 Å². The number of aryl methyl sites for hydroxylation is 1. The van der Waals surface area contributed by atoms with E-state index in [4.69, 9.17) is 20.1 Å². The van der Waals surface area contributed by atoms with Crippen molar-refractivity contribution in [3.05, 3.63) is 40.2 Å². The number of nitrogens with one attached hydrogen (secondary N) is 2. The van der Waals surface area contributed by atoms with E-state index in [0.29, 0.717) is 24.1 Å². The Morgan fingerprint density at radius 3 is 2.31 bits per heavy atom. The molecule has 13 heteroatoms. The molecule has 0 fully saturated rings. The van der Waals surface area contributed by atoms with Gasteiger partial charge in [0.25, 0.3) is 0 Å². The van der Waals surface area contributed by atoms with E-state index >= 15 is 0 Å². The normalized spacial score (nSPS) is 12.9. The summed E-state index contributed by atoms with van der Waals surface area (Å²) in [6.45, 7) is 5.78. The average Bonchev–Trinajstić information content (AvgIpc) is 2.75. The van der Waals surface area contributed by atoms with Crippen molar-refractivity contribution in [2.24, 2.45) is 11.7 Å². The summed E-state index contributed by atoms with van der Waals surface area (Å²) in [6.07, 6.45) is -2.10. The van der Waals surface area contributed by atoms with Crippen LogP contribution in [0.2, 0.25) is 0 Å². The molecule has 0 aliphatic rings. The smallest absolute Gasteiger partial charge is 0.475 e. The Bertz CT molecular complexity index is 1120. The van der Waals surface area contributed by atoms with Crippen molar-refractivity contribution in [1.29, 1.82) is 0 Å². The summed E-state index contributed by atoms with van der Waals surface area (Å²) in [5.41, 5.74) is 7.18. The summed E-state index contributed by atoms with van der Waals surface area (Å²) in [4.78, 5) is 45.7. The van der Waals surface area contributed by atoms with E-state index in [1.165, 1.54) is 6.07 Å². The van der Waals surface area contributed by atoms with Crippen LogP contribution in [0.1, 0.15) is 32.3 Å². The minimum Gasteiger partial charge on any atom is -0.475 e. The number of halogens is 3. The number of benzene rings is 1. The number of hydrogen-bond acceptors (Lipinski definition) is 7. The number of alkyl halides is 3. The molecule has 1 aromatic carbocycles. The lowest BCUT2D eigenvalue weighted by molar-refractivity contribution is -0.192. The van der Waals surface area contributed by atoms with Gasteiger partial charge in [-0.2, -0.15) is 24.9 Å². The minimum atomic E-state index is -5.08. The number of aliphatic carboxylic acids is 1. The van der Waals surface area contributed by atoms with Crippen molar-refractivity contribution >= 4 is 46.2 Å². The van der Waals surface area contributed by atoms with Crippen molar-refractivity contribution in [1.82, 2.24) is 5.32 Å². The Balaban J connectivity index is 0.000000809. The summed E-state index contributed by atoms with van der Waals surface area (Å²) in [5, 5.41) is 13.5. The number of anilines is 1. The van der Waals surface area contributed by atoms with Crippen molar-refractivity contribution in [2.45, 2.75) is 51.9 Å². The summed E-state index contributed by atoms with van der Waals surface area (Å²) in [5.74, 6) is -2.45. The summed E-state index contributed by atoms with van der Waals surface area (Å²) < 4.78 is 37.0. The van der Waals surface area contributed by atoms with E-state index in [1.807, 2.05) is 27.0 Å². The highest BCUT2D eigenvalue weighted by Gasteiger charge is 2.38. The maximum atomic E-state index is 12.8. The number of carbonyl (C=O) groups excluding carboxylic acids is 2. The molecule has 2 unspecified atom stereocenters. The molecule has 1 heterocycles. The molecule has 0 aliphatic carbocycles. The third-order valence-corrected chi connectivity index (χ3v) is 5.42. The molecule has 0 saturated carbocycles. The van der Waals surface area contributed by atoms with E-state index in [2.05, 4.69) is 10.6 Å². The number of fused-ring (bicyclic) bond motifs is 1. The van der Waals surface area contributed by atoms with E-state index in [-0.39, 0.29) is 17.7 Å². The summed E-state index contributed by atoms with van der Waals surface area (Å²) >= 11 is 1.62. The van der Waals surface area contributed by atoms with Gasteiger partial charge in [0.1, 0.15) is 11.6 Å². The molecule has 5 N–H and O–H groups in total. The highest BCUT2D eigenvalue weighted by atomic mass is 32.2. The molecular formula is C23H30F3N3O6S. The SMILES string of the molecule is CSCCC(N)C(=O)NC(CC(C)C)C(=O)Nc1ccc2c(C)cc(=O)oc2c1.O=C(O)C(F)(F)F. The quantitative estimate of drug-likeness (QED) is 0.359. The Morgan fingerprint density at radius 2 is 1.78 bits per heavy atom. The molecule has 200 valence electrons. The Hall–Kier alpha value is -3.06. The van der Waals surface area contributed by atoms with Gasteiger partial charge in [0.2, 0.25) is 11.8 Å². The molecule has 9 nitrogen and oxygen atoms in total. The zero-order valence-corrected chi connectivity index (χ0v) is 21.1. The van der Waals surface area contributed by atoms with Crippen LogP contribution in [-0.4, -0.2) is 53.2 Å². The van der Waals surface area contributed by atoms with Gasteiger partial charge in [-0.05, 0) is 55.4 Å². The monoisotopic (exact) mass is 533 g/mol. The molecule has 2 rings (SSSR count). The molecule has 0 aliphatic heterocycles. The van der Waals surface area contributed by atoms with Crippen LogP contribution in [0.5, 0.6) is 0 Å². The maximum absolute atomic E-state index is 12.8. The van der Waals surface area contributed by atoms with Gasteiger partial charge in [0.05, 0.1) is 6.04 Å². The van der Waals surface area contributed by atoms with Crippen LogP contribution >= 0.6 is 11.8 Å². The molecule has 1 aromatic heterocycles. The van der Waals surface area contributed by atoms with Gasteiger partial charge in [-0.25, -0.2) is 9.59 Å². The minimum absolute atomic E-state index is 0.200. The molecule has 2 atom stereocenters. The molecule has 0 spiro atoms. The number of rotatable bonds is 9. The number of amides is 2. The van der Waals surface area contributed by atoms with Gasteiger partial charge in [0, 0.05) is 23.2 Å². The van der Waals surface area contributed by atoms with E-state index < -0.39 is 29.9 Å². The van der Waals surface area contributed by atoms with Crippen LogP contribution in [0.25, 0.3) is 11.0 Å². The fourth-order valence-electron chi connectivity index (χ4n) is 2.99. The van der Waals surface area contributed by atoms with Crippen LogP contribution in [0.3, 0.4) is 0 Å². The van der Waals surface area contributed by atoms with Crippen molar-refractivity contribution in [3.8, 4) is 0 Å². The number of carbonyl (C=O) groups is 3. The second-order valence-electron chi connectivity index (χ2n) is 8.33. The van der Waals surface area contributed by atoms with Crippen LogP contribution in [0.4, 0.5) is 18.9 Å². The summed E-state index contributed by atoms with van der Waals surface area (Å²) in [6, 6.07) is 5.21. The lowest BCUT2D eigenvalue weighted by Crippen LogP contribution is -2.50. The van der Waals surface area contributed by atoms with Gasteiger partial charge in [0.15, 0.2) is 0 Å².